The summed E-state index contributed by atoms with van der Waals surface area (Å²) in [5.41, 5.74) is 0.233. The molecule has 1 N–H and O–H groups in total. The number of ether oxygens (including phenoxy) is 1. The molecule has 0 bridgehead atoms. The zero-order chi connectivity index (χ0) is 13.7. The molecule has 2 aliphatic heterocycles. The minimum atomic E-state index is 0.233. The molecule has 2 heterocycles. The van der Waals surface area contributed by atoms with E-state index >= 15 is 0 Å². The number of nitrogens with one attached hydrogen (secondary N) is 1. The maximum absolute atomic E-state index is 6.17. The third-order valence-corrected chi connectivity index (χ3v) is 6.21. The van der Waals surface area contributed by atoms with Crippen LogP contribution in [0.25, 0.3) is 0 Å². The lowest BCUT2D eigenvalue weighted by Gasteiger charge is -2.41. The van der Waals surface area contributed by atoms with Gasteiger partial charge in [-0.2, -0.15) is 11.8 Å². The molecule has 2 rings (SSSR count). The van der Waals surface area contributed by atoms with Crippen molar-refractivity contribution in [1.82, 2.24) is 5.32 Å². The quantitative estimate of drug-likeness (QED) is 0.804. The van der Waals surface area contributed by atoms with Crippen LogP contribution in [-0.2, 0) is 4.74 Å². The van der Waals surface area contributed by atoms with Crippen LogP contribution in [0.3, 0.4) is 0 Å². The van der Waals surface area contributed by atoms with E-state index in [1.165, 1.54) is 43.6 Å². The van der Waals surface area contributed by atoms with Gasteiger partial charge in [0.1, 0.15) is 0 Å². The lowest BCUT2D eigenvalue weighted by Crippen LogP contribution is -2.47. The molecule has 2 aliphatic rings. The Hall–Kier alpha value is 0.270. The van der Waals surface area contributed by atoms with Crippen molar-refractivity contribution in [2.45, 2.75) is 64.5 Å². The first-order valence-corrected chi connectivity index (χ1v) is 9.29. The Morgan fingerprint density at radius 3 is 2.89 bits per heavy atom. The summed E-state index contributed by atoms with van der Waals surface area (Å²) in [6.07, 6.45) is 6.44. The van der Waals surface area contributed by atoms with Gasteiger partial charge >= 0.3 is 0 Å². The molecule has 0 aliphatic carbocycles. The summed E-state index contributed by atoms with van der Waals surface area (Å²) in [6, 6.07) is 0.700. The van der Waals surface area contributed by atoms with Gasteiger partial charge in [0.05, 0.1) is 5.60 Å². The Balaban J connectivity index is 1.95. The van der Waals surface area contributed by atoms with Gasteiger partial charge in [0.15, 0.2) is 0 Å². The van der Waals surface area contributed by atoms with Gasteiger partial charge in [-0.25, -0.2) is 0 Å². The highest BCUT2D eigenvalue weighted by Gasteiger charge is 2.42. The third kappa shape index (κ3) is 4.12. The summed E-state index contributed by atoms with van der Waals surface area (Å²) in [5.74, 6) is 4.18. The molecule has 0 saturated carbocycles. The first-order chi connectivity index (χ1) is 9.19. The van der Waals surface area contributed by atoms with Gasteiger partial charge in [0.25, 0.3) is 0 Å². The van der Waals surface area contributed by atoms with E-state index in [0.29, 0.717) is 6.04 Å². The van der Waals surface area contributed by atoms with Crippen molar-refractivity contribution in [3.05, 3.63) is 0 Å². The molecular formula is C16H31NOS. The van der Waals surface area contributed by atoms with Crippen molar-refractivity contribution in [3.63, 3.8) is 0 Å². The number of hydrogen-bond donors (Lipinski definition) is 1. The number of rotatable bonds is 6. The lowest BCUT2D eigenvalue weighted by atomic mass is 9.78. The van der Waals surface area contributed by atoms with Crippen LogP contribution in [0.4, 0.5) is 0 Å². The fraction of sp³-hybridized carbons (Fsp3) is 1.00. The van der Waals surface area contributed by atoms with Gasteiger partial charge in [-0.05, 0) is 49.8 Å². The monoisotopic (exact) mass is 285 g/mol. The predicted molar refractivity (Wildman–Crippen MR) is 84.9 cm³/mol. The summed E-state index contributed by atoms with van der Waals surface area (Å²) >= 11 is 2.08. The molecule has 3 heteroatoms. The van der Waals surface area contributed by atoms with Crippen LogP contribution in [0, 0.1) is 11.8 Å². The van der Waals surface area contributed by atoms with Crippen LogP contribution in [-0.4, -0.2) is 36.3 Å². The second-order valence-corrected chi connectivity index (χ2v) is 7.61. The molecule has 4 unspecified atom stereocenters. The third-order valence-electron chi connectivity index (χ3n) is 4.99. The largest absolute Gasteiger partial charge is 0.374 e. The van der Waals surface area contributed by atoms with Crippen LogP contribution in [0.5, 0.6) is 0 Å². The lowest BCUT2D eigenvalue weighted by molar-refractivity contribution is -0.0860. The summed E-state index contributed by atoms with van der Waals surface area (Å²) in [4.78, 5) is 0. The van der Waals surface area contributed by atoms with E-state index in [0.717, 1.165) is 25.0 Å². The SMILES string of the molecule is CCNC(CC(C)CC)C1CCOC2(CCSC2)C1. The van der Waals surface area contributed by atoms with Gasteiger partial charge in [0.2, 0.25) is 0 Å². The molecule has 4 atom stereocenters. The smallest absolute Gasteiger partial charge is 0.0783 e. The minimum Gasteiger partial charge on any atom is -0.374 e. The summed E-state index contributed by atoms with van der Waals surface area (Å²) in [7, 11) is 0. The van der Waals surface area contributed by atoms with Crippen molar-refractivity contribution < 1.29 is 4.74 Å². The van der Waals surface area contributed by atoms with Crippen LogP contribution in [0.1, 0.15) is 52.9 Å². The van der Waals surface area contributed by atoms with Crippen LogP contribution >= 0.6 is 11.8 Å². The summed E-state index contributed by atoms with van der Waals surface area (Å²) in [5, 5.41) is 3.76. The number of thioether (sulfide) groups is 1. The standard InChI is InChI=1S/C16H31NOS/c1-4-13(3)10-15(17-5-2)14-6-8-18-16(11-14)7-9-19-12-16/h13-15,17H,4-12H2,1-3H3. The molecule has 0 aromatic rings. The fourth-order valence-electron chi connectivity index (χ4n) is 3.58. The normalized spacial score (nSPS) is 34.6. The molecule has 0 aromatic carbocycles. The van der Waals surface area contributed by atoms with Crippen molar-refractivity contribution in [3.8, 4) is 0 Å². The van der Waals surface area contributed by atoms with Crippen LogP contribution in [0.2, 0.25) is 0 Å². The van der Waals surface area contributed by atoms with Crippen LogP contribution in [0.15, 0.2) is 0 Å². The Morgan fingerprint density at radius 1 is 1.42 bits per heavy atom. The van der Waals surface area contributed by atoms with Gasteiger partial charge in [0, 0.05) is 18.4 Å². The zero-order valence-corrected chi connectivity index (χ0v) is 13.7. The average Bonchev–Trinajstić information content (AvgIpc) is 2.86. The Bertz CT molecular complexity index is 265. The maximum atomic E-state index is 6.17. The number of hydrogen-bond acceptors (Lipinski definition) is 3. The van der Waals surface area contributed by atoms with E-state index in [1.807, 2.05) is 0 Å². The predicted octanol–water partition coefficient (Wildman–Crippen LogP) is 3.70. The van der Waals surface area contributed by atoms with Gasteiger partial charge < -0.3 is 10.1 Å². The molecule has 0 amide bonds. The van der Waals surface area contributed by atoms with E-state index in [2.05, 4.69) is 37.8 Å². The second-order valence-electron chi connectivity index (χ2n) is 6.50. The van der Waals surface area contributed by atoms with Crippen molar-refractivity contribution in [2.75, 3.05) is 24.7 Å². The Kier molecular flexibility index (Phi) is 6.04. The summed E-state index contributed by atoms with van der Waals surface area (Å²) < 4.78 is 6.17. The summed E-state index contributed by atoms with van der Waals surface area (Å²) in [6.45, 7) is 9.02. The minimum absolute atomic E-state index is 0.233. The average molecular weight is 285 g/mol. The highest BCUT2D eigenvalue weighted by molar-refractivity contribution is 7.99. The maximum Gasteiger partial charge on any atom is 0.0783 e. The second kappa shape index (κ2) is 7.33. The van der Waals surface area contributed by atoms with Crippen LogP contribution < -0.4 is 5.32 Å². The van der Waals surface area contributed by atoms with Gasteiger partial charge in [-0.3, -0.25) is 0 Å². The Morgan fingerprint density at radius 2 is 2.26 bits per heavy atom. The van der Waals surface area contributed by atoms with E-state index in [1.54, 1.807) is 0 Å². The zero-order valence-electron chi connectivity index (χ0n) is 12.9. The highest BCUT2D eigenvalue weighted by atomic mass is 32.2. The molecule has 2 fully saturated rings. The first-order valence-electron chi connectivity index (χ1n) is 8.14. The molecule has 19 heavy (non-hydrogen) atoms. The fourth-order valence-corrected chi connectivity index (χ4v) is 4.96. The van der Waals surface area contributed by atoms with E-state index < -0.39 is 0 Å². The molecule has 0 radical (unpaired) electrons. The molecule has 2 saturated heterocycles. The van der Waals surface area contributed by atoms with Gasteiger partial charge in [-0.15, -0.1) is 0 Å². The molecule has 1 spiro atoms. The van der Waals surface area contributed by atoms with E-state index in [-0.39, 0.29) is 5.60 Å². The van der Waals surface area contributed by atoms with Crippen molar-refractivity contribution in [2.24, 2.45) is 11.8 Å². The molecular weight excluding hydrogens is 254 g/mol. The van der Waals surface area contributed by atoms with Crippen molar-refractivity contribution >= 4 is 11.8 Å². The molecule has 112 valence electrons. The topological polar surface area (TPSA) is 21.3 Å². The van der Waals surface area contributed by atoms with Gasteiger partial charge in [-0.1, -0.05) is 27.2 Å². The van der Waals surface area contributed by atoms with E-state index in [9.17, 15) is 0 Å². The molecule has 0 aromatic heterocycles. The first kappa shape index (κ1) is 15.7. The highest BCUT2D eigenvalue weighted by Crippen LogP contribution is 2.42. The molecule has 2 nitrogen and oxygen atoms in total. The Labute approximate surface area is 123 Å². The van der Waals surface area contributed by atoms with E-state index in [4.69, 9.17) is 4.74 Å². The van der Waals surface area contributed by atoms with Crippen molar-refractivity contribution in [1.29, 1.82) is 0 Å².